The number of rotatable bonds is 11. The minimum atomic E-state index is -1.07. The van der Waals surface area contributed by atoms with Gasteiger partial charge in [0.15, 0.2) is 0 Å². The van der Waals surface area contributed by atoms with Gasteiger partial charge in [0.2, 0.25) is 5.91 Å². The Morgan fingerprint density at radius 1 is 0.841 bits per heavy atom. The highest BCUT2D eigenvalue weighted by atomic mass is 32.2. The molecule has 0 heterocycles. The van der Waals surface area contributed by atoms with Gasteiger partial charge in [-0.1, -0.05) is 36.4 Å². The van der Waals surface area contributed by atoms with Crippen LogP contribution in [0.3, 0.4) is 0 Å². The van der Waals surface area contributed by atoms with Crippen LogP contribution in [0.4, 0.5) is 11.4 Å². The molecule has 0 aliphatic rings. The summed E-state index contributed by atoms with van der Waals surface area (Å²) >= 11 is 1.31. The SMILES string of the molecule is COc1cccc(/C=C(\NC(=O)c2ccccc2)C(=O)Nc2ccc(SC(C)C(=O)Nc3cc(C(=O)O)ccc3C)cc2)c1. The van der Waals surface area contributed by atoms with Gasteiger partial charge in [0, 0.05) is 21.8 Å². The summed E-state index contributed by atoms with van der Waals surface area (Å²) < 4.78 is 5.28. The number of ether oxygens (including phenoxy) is 1. The molecule has 3 amide bonds. The Labute approximate surface area is 259 Å². The van der Waals surface area contributed by atoms with E-state index in [0.29, 0.717) is 28.3 Å². The van der Waals surface area contributed by atoms with Crippen LogP contribution in [0.15, 0.2) is 108 Å². The van der Waals surface area contributed by atoms with Gasteiger partial charge in [0.1, 0.15) is 11.4 Å². The zero-order valence-electron chi connectivity index (χ0n) is 24.3. The topological polar surface area (TPSA) is 134 Å². The Balaban J connectivity index is 1.44. The minimum Gasteiger partial charge on any atom is -0.497 e. The van der Waals surface area contributed by atoms with Crippen LogP contribution in [-0.4, -0.2) is 41.2 Å². The summed E-state index contributed by atoms with van der Waals surface area (Å²) in [4.78, 5) is 51.1. The van der Waals surface area contributed by atoms with E-state index in [0.717, 1.165) is 10.5 Å². The molecule has 0 fully saturated rings. The summed E-state index contributed by atoms with van der Waals surface area (Å²) in [5.41, 5.74) is 2.87. The molecular weight excluding hydrogens is 578 g/mol. The zero-order chi connectivity index (χ0) is 31.6. The predicted octanol–water partition coefficient (Wildman–Crippen LogP) is 6.23. The number of carbonyl (C=O) groups excluding carboxylic acids is 3. The number of carboxylic acid groups (broad SMARTS) is 1. The fourth-order valence-electron chi connectivity index (χ4n) is 4.04. The van der Waals surface area contributed by atoms with Crippen LogP contribution < -0.4 is 20.7 Å². The standard InChI is InChI=1S/C34H31N3O6S/c1-21-12-13-25(34(41)42)20-29(21)36-31(38)22(2)44-28-16-14-26(15-17-28)35-33(40)30(19-23-8-7-11-27(18-23)43-3)37-32(39)24-9-5-4-6-10-24/h4-20,22H,1-3H3,(H,35,40)(H,36,38)(H,37,39)(H,41,42)/b30-19-. The summed E-state index contributed by atoms with van der Waals surface area (Å²) in [5, 5.41) is 17.1. The number of hydrogen-bond acceptors (Lipinski definition) is 6. The van der Waals surface area contributed by atoms with Gasteiger partial charge in [-0.05, 0) is 91.7 Å². The Hall–Kier alpha value is -5.35. The van der Waals surface area contributed by atoms with Crippen molar-refractivity contribution in [3.63, 3.8) is 0 Å². The molecule has 0 bridgehead atoms. The van der Waals surface area contributed by atoms with Crippen molar-refractivity contribution in [2.24, 2.45) is 0 Å². The molecule has 9 nitrogen and oxygen atoms in total. The lowest BCUT2D eigenvalue weighted by molar-refractivity contribution is -0.115. The summed E-state index contributed by atoms with van der Waals surface area (Å²) in [6.07, 6.45) is 1.57. The van der Waals surface area contributed by atoms with Gasteiger partial charge < -0.3 is 25.8 Å². The number of methoxy groups -OCH3 is 1. The normalized spacial score (nSPS) is 11.7. The van der Waals surface area contributed by atoms with Gasteiger partial charge in [0.05, 0.1) is 17.9 Å². The fraction of sp³-hybridized carbons (Fsp3) is 0.118. The van der Waals surface area contributed by atoms with E-state index in [9.17, 15) is 24.3 Å². The van der Waals surface area contributed by atoms with Crippen LogP contribution in [0.25, 0.3) is 6.08 Å². The van der Waals surface area contributed by atoms with Crippen molar-refractivity contribution in [3.05, 3.63) is 125 Å². The Bertz CT molecular complexity index is 1700. The van der Waals surface area contributed by atoms with E-state index in [1.807, 2.05) is 0 Å². The van der Waals surface area contributed by atoms with Gasteiger partial charge >= 0.3 is 5.97 Å². The Kier molecular flexibility index (Phi) is 10.6. The first kappa shape index (κ1) is 31.6. The van der Waals surface area contributed by atoms with E-state index in [2.05, 4.69) is 16.0 Å². The average molecular weight is 610 g/mol. The zero-order valence-corrected chi connectivity index (χ0v) is 25.1. The van der Waals surface area contributed by atoms with Gasteiger partial charge in [-0.2, -0.15) is 0 Å². The summed E-state index contributed by atoms with van der Waals surface area (Å²) in [6, 6.07) is 27.2. The van der Waals surface area contributed by atoms with Gasteiger partial charge in [-0.15, -0.1) is 11.8 Å². The lowest BCUT2D eigenvalue weighted by Gasteiger charge is -2.15. The monoisotopic (exact) mass is 609 g/mol. The largest absolute Gasteiger partial charge is 0.497 e. The van der Waals surface area contributed by atoms with Crippen molar-refractivity contribution in [3.8, 4) is 5.75 Å². The number of anilines is 2. The summed E-state index contributed by atoms with van der Waals surface area (Å²) in [7, 11) is 1.55. The molecule has 1 unspecified atom stereocenters. The highest BCUT2D eigenvalue weighted by Gasteiger charge is 2.18. The average Bonchev–Trinajstić information content (AvgIpc) is 3.03. The quantitative estimate of drug-likeness (QED) is 0.117. The molecule has 0 aliphatic carbocycles. The maximum Gasteiger partial charge on any atom is 0.335 e. The fourth-order valence-corrected chi connectivity index (χ4v) is 4.90. The first-order valence-electron chi connectivity index (χ1n) is 13.6. The molecule has 0 aromatic heterocycles. The van der Waals surface area contributed by atoms with E-state index in [1.54, 1.807) is 112 Å². The summed E-state index contributed by atoms with van der Waals surface area (Å²) in [5.74, 6) is -1.70. The van der Waals surface area contributed by atoms with Crippen LogP contribution in [0.2, 0.25) is 0 Å². The van der Waals surface area contributed by atoms with Crippen LogP contribution in [0, 0.1) is 6.92 Å². The molecule has 10 heteroatoms. The number of aromatic carboxylic acids is 1. The molecule has 44 heavy (non-hydrogen) atoms. The van der Waals surface area contributed by atoms with E-state index in [-0.39, 0.29) is 17.2 Å². The van der Waals surface area contributed by atoms with Crippen LogP contribution in [0.1, 0.15) is 38.8 Å². The number of carboxylic acids is 1. The van der Waals surface area contributed by atoms with Gasteiger partial charge in [0.25, 0.3) is 11.8 Å². The summed E-state index contributed by atoms with van der Waals surface area (Å²) in [6.45, 7) is 3.54. The molecule has 4 rings (SSSR count). The first-order chi connectivity index (χ1) is 21.1. The highest BCUT2D eigenvalue weighted by molar-refractivity contribution is 8.00. The second-order valence-corrected chi connectivity index (χ2v) is 11.1. The minimum absolute atomic E-state index is 0.0399. The van der Waals surface area contributed by atoms with Crippen molar-refractivity contribution in [1.82, 2.24) is 5.32 Å². The molecule has 0 saturated heterocycles. The van der Waals surface area contributed by atoms with Crippen molar-refractivity contribution >= 4 is 52.9 Å². The van der Waals surface area contributed by atoms with E-state index < -0.39 is 23.0 Å². The molecular formula is C34H31N3O6S. The van der Waals surface area contributed by atoms with Crippen LogP contribution in [-0.2, 0) is 9.59 Å². The number of benzene rings is 4. The van der Waals surface area contributed by atoms with Gasteiger partial charge in [-0.3, -0.25) is 14.4 Å². The Morgan fingerprint density at radius 2 is 1.57 bits per heavy atom. The molecule has 0 radical (unpaired) electrons. The molecule has 4 N–H and O–H groups in total. The lowest BCUT2D eigenvalue weighted by Crippen LogP contribution is -2.30. The number of thioether (sulfide) groups is 1. The van der Waals surface area contributed by atoms with Crippen molar-refractivity contribution in [1.29, 1.82) is 0 Å². The third-order valence-corrected chi connectivity index (χ3v) is 7.58. The smallest absolute Gasteiger partial charge is 0.335 e. The second-order valence-electron chi connectivity index (χ2n) is 9.72. The molecule has 0 saturated carbocycles. The number of amides is 3. The van der Waals surface area contributed by atoms with Crippen molar-refractivity contribution < 1.29 is 29.0 Å². The van der Waals surface area contributed by atoms with E-state index >= 15 is 0 Å². The maximum absolute atomic E-state index is 13.3. The molecule has 4 aromatic carbocycles. The van der Waals surface area contributed by atoms with Crippen molar-refractivity contribution in [2.45, 2.75) is 24.0 Å². The lowest BCUT2D eigenvalue weighted by atomic mass is 10.1. The van der Waals surface area contributed by atoms with E-state index in [4.69, 9.17) is 4.74 Å². The number of nitrogens with one attached hydrogen (secondary N) is 3. The molecule has 1 atom stereocenters. The first-order valence-corrected chi connectivity index (χ1v) is 14.5. The molecule has 0 spiro atoms. The Morgan fingerprint density at radius 3 is 2.25 bits per heavy atom. The molecule has 4 aromatic rings. The molecule has 0 aliphatic heterocycles. The van der Waals surface area contributed by atoms with Gasteiger partial charge in [-0.25, -0.2) is 4.79 Å². The van der Waals surface area contributed by atoms with Crippen LogP contribution >= 0.6 is 11.8 Å². The third-order valence-electron chi connectivity index (χ3n) is 6.47. The number of carbonyl (C=O) groups is 4. The predicted molar refractivity (Wildman–Crippen MR) is 172 cm³/mol. The van der Waals surface area contributed by atoms with Crippen molar-refractivity contribution in [2.75, 3.05) is 17.7 Å². The maximum atomic E-state index is 13.3. The van der Waals surface area contributed by atoms with E-state index in [1.165, 1.54) is 23.9 Å². The second kappa shape index (κ2) is 14.7. The number of aryl methyl sites for hydroxylation is 1. The van der Waals surface area contributed by atoms with Crippen LogP contribution in [0.5, 0.6) is 5.75 Å². The third kappa shape index (κ3) is 8.59. The highest BCUT2D eigenvalue weighted by Crippen LogP contribution is 2.27. The number of hydrogen-bond donors (Lipinski definition) is 4. The molecule has 224 valence electrons.